The Bertz CT molecular complexity index is 528. The quantitative estimate of drug-likeness (QED) is 0.761. The molecule has 2 N–H and O–H groups in total. The molecular formula is C12H13N3O2. The zero-order valence-corrected chi connectivity index (χ0v) is 9.26. The number of benzene rings is 1. The predicted octanol–water partition coefficient (Wildman–Crippen LogP) is 0.742. The predicted molar refractivity (Wildman–Crippen MR) is 63.6 cm³/mol. The first-order valence-electron chi connectivity index (χ1n) is 5.41. The Balaban J connectivity index is 2.15. The first kappa shape index (κ1) is 11.5. The molecule has 0 aliphatic rings. The van der Waals surface area contributed by atoms with E-state index in [1.54, 1.807) is 24.5 Å². The van der Waals surface area contributed by atoms with Crippen LogP contribution in [0, 0.1) is 0 Å². The van der Waals surface area contributed by atoms with Crippen molar-refractivity contribution in [1.29, 1.82) is 0 Å². The topological polar surface area (TPSA) is 75.1 Å². The molecule has 0 aliphatic carbocycles. The Kier molecular flexibility index (Phi) is 3.62. The highest BCUT2D eigenvalue weighted by Gasteiger charge is 2.05. The van der Waals surface area contributed by atoms with Gasteiger partial charge in [0.15, 0.2) is 0 Å². The molecule has 0 radical (unpaired) electrons. The van der Waals surface area contributed by atoms with Gasteiger partial charge in [0.2, 0.25) is 0 Å². The minimum atomic E-state index is -0.142. The Hall–Kier alpha value is -2.01. The normalized spacial score (nSPS) is 10.4. The summed E-state index contributed by atoms with van der Waals surface area (Å²) in [4.78, 5) is 11.7. The number of nitrogens with one attached hydrogen (secondary N) is 1. The number of amides is 1. The average molecular weight is 231 g/mol. The number of nitrogens with zero attached hydrogens (tertiary/aromatic N) is 2. The average Bonchev–Trinajstić information content (AvgIpc) is 2.38. The Morgan fingerprint density at radius 1 is 1.24 bits per heavy atom. The van der Waals surface area contributed by atoms with Crippen molar-refractivity contribution < 1.29 is 9.90 Å². The molecule has 1 aromatic carbocycles. The van der Waals surface area contributed by atoms with E-state index in [0.717, 1.165) is 10.8 Å². The van der Waals surface area contributed by atoms with Gasteiger partial charge in [0, 0.05) is 29.5 Å². The van der Waals surface area contributed by atoms with Crippen molar-refractivity contribution in [2.75, 3.05) is 13.2 Å². The minimum absolute atomic E-state index is 0.0770. The van der Waals surface area contributed by atoms with Crippen molar-refractivity contribution in [3.63, 3.8) is 0 Å². The SMILES string of the molecule is O=C(NCCCO)c1ccc2cnncc2c1. The molecule has 17 heavy (non-hydrogen) atoms. The first-order chi connectivity index (χ1) is 8.31. The standard InChI is InChI=1S/C12H13N3O2/c16-5-1-4-13-12(17)9-2-3-10-7-14-15-8-11(10)6-9/h2-3,6-8,16H,1,4-5H2,(H,13,17). The summed E-state index contributed by atoms with van der Waals surface area (Å²) in [5.74, 6) is -0.142. The monoisotopic (exact) mass is 231 g/mol. The minimum Gasteiger partial charge on any atom is -0.396 e. The van der Waals surface area contributed by atoms with Crippen LogP contribution in [0.25, 0.3) is 10.8 Å². The maximum atomic E-state index is 11.7. The van der Waals surface area contributed by atoms with E-state index in [2.05, 4.69) is 15.5 Å². The molecule has 0 saturated heterocycles. The highest BCUT2D eigenvalue weighted by molar-refractivity contribution is 5.98. The van der Waals surface area contributed by atoms with Gasteiger partial charge in [0.25, 0.3) is 5.91 Å². The third kappa shape index (κ3) is 2.76. The van der Waals surface area contributed by atoms with Crippen LogP contribution < -0.4 is 5.32 Å². The number of hydrogen-bond donors (Lipinski definition) is 2. The number of aliphatic hydroxyl groups is 1. The third-order valence-electron chi connectivity index (χ3n) is 2.43. The number of aromatic nitrogens is 2. The van der Waals surface area contributed by atoms with Crippen LogP contribution in [0.3, 0.4) is 0 Å². The molecule has 0 bridgehead atoms. The van der Waals surface area contributed by atoms with E-state index >= 15 is 0 Å². The van der Waals surface area contributed by atoms with Gasteiger partial charge in [-0.05, 0) is 18.6 Å². The lowest BCUT2D eigenvalue weighted by molar-refractivity contribution is 0.0951. The van der Waals surface area contributed by atoms with Crippen molar-refractivity contribution in [2.45, 2.75) is 6.42 Å². The first-order valence-corrected chi connectivity index (χ1v) is 5.41. The van der Waals surface area contributed by atoms with Crippen molar-refractivity contribution in [3.8, 4) is 0 Å². The fraction of sp³-hybridized carbons (Fsp3) is 0.250. The molecule has 1 heterocycles. The molecule has 0 fully saturated rings. The maximum absolute atomic E-state index is 11.7. The van der Waals surface area contributed by atoms with Crippen LogP contribution in [0.15, 0.2) is 30.6 Å². The van der Waals surface area contributed by atoms with Crippen LogP contribution in [-0.2, 0) is 0 Å². The van der Waals surface area contributed by atoms with Crippen molar-refractivity contribution in [1.82, 2.24) is 15.5 Å². The smallest absolute Gasteiger partial charge is 0.251 e. The molecule has 2 aromatic rings. The number of aliphatic hydroxyl groups excluding tert-OH is 1. The molecule has 0 aliphatic heterocycles. The summed E-state index contributed by atoms with van der Waals surface area (Å²) < 4.78 is 0. The molecule has 5 nitrogen and oxygen atoms in total. The van der Waals surface area contributed by atoms with Gasteiger partial charge in [-0.3, -0.25) is 4.79 Å². The molecule has 0 atom stereocenters. The molecule has 0 saturated carbocycles. The molecule has 2 rings (SSSR count). The zero-order valence-electron chi connectivity index (χ0n) is 9.26. The highest BCUT2D eigenvalue weighted by atomic mass is 16.3. The molecule has 0 spiro atoms. The maximum Gasteiger partial charge on any atom is 0.251 e. The van der Waals surface area contributed by atoms with Crippen LogP contribution in [0.5, 0.6) is 0 Å². The summed E-state index contributed by atoms with van der Waals surface area (Å²) in [5.41, 5.74) is 0.587. The molecule has 1 amide bonds. The molecule has 5 heteroatoms. The Labute approximate surface area is 98.5 Å². The third-order valence-corrected chi connectivity index (χ3v) is 2.43. The van der Waals surface area contributed by atoms with E-state index in [1.165, 1.54) is 0 Å². The van der Waals surface area contributed by atoms with E-state index in [0.29, 0.717) is 18.5 Å². The van der Waals surface area contributed by atoms with Crippen LogP contribution >= 0.6 is 0 Å². The molecular weight excluding hydrogens is 218 g/mol. The largest absolute Gasteiger partial charge is 0.396 e. The van der Waals surface area contributed by atoms with Gasteiger partial charge in [0.1, 0.15) is 0 Å². The van der Waals surface area contributed by atoms with Gasteiger partial charge in [-0.1, -0.05) is 6.07 Å². The lowest BCUT2D eigenvalue weighted by Crippen LogP contribution is -2.24. The van der Waals surface area contributed by atoms with Crippen LogP contribution in [0.2, 0.25) is 0 Å². The van der Waals surface area contributed by atoms with Crippen molar-refractivity contribution in [3.05, 3.63) is 36.2 Å². The molecule has 1 aromatic heterocycles. The summed E-state index contributed by atoms with van der Waals surface area (Å²) in [6.07, 6.45) is 3.84. The summed E-state index contributed by atoms with van der Waals surface area (Å²) in [6, 6.07) is 5.36. The summed E-state index contributed by atoms with van der Waals surface area (Å²) in [7, 11) is 0. The second-order valence-corrected chi connectivity index (χ2v) is 3.67. The molecule has 0 unspecified atom stereocenters. The number of carbonyl (C=O) groups is 1. The summed E-state index contributed by atoms with van der Waals surface area (Å²) >= 11 is 0. The van der Waals surface area contributed by atoms with Crippen molar-refractivity contribution in [2.24, 2.45) is 0 Å². The van der Waals surface area contributed by atoms with Crippen LogP contribution in [-0.4, -0.2) is 34.4 Å². The fourth-order valence-corrected chi connectivity index (χ4v) is 1.52. The number of carbonyl (C=O) groups excluding carboxylic acids is 1. The van der Waals surface area contributed by atoms with Crippen molar-refractivity contribution >= 4 is 16.7 Å². The van der Waals surface area contributed by atoms with Gasteiger partial charge in [-0.25, -0.2) is 0 Å². The number of fused-ring (bicyclic) bond motifs is 1. The zero-order chi connectivity index (χ0) is 12.1. The van der Waals surface area contributed by atoms with Gasteiger partial charge in [-0.15, -0.1) is 0 Å². The number of rotatable bonds is 4. The summed E-state index contributed by atoms with van der Waals surface area (Å²) in [5, 5.41) is 20.7. The lowest BCUT2D eigenvalue weighted by Gasteiger charge is -2.04. The van der Waals surface area contributed by atoms with Gasteiger partial charge < -0.3 is 10.4 Å². The number of hydrogen-bond acceptors (Lipinski definition) is 4. The Morgan fingerprint density at radius 2 is 2.00 bits per heavy atom. The van der Waals surface area contributed by atoms with Crippen LogP contribution in [0.4, 0.5) is 0 Å². The Morgan fingerprint density at radius 3 is 2.76 bits per heavy atom. The van der Waals surface area contributed by atoms with Crippen LogP contribution in [0.1, 0.15) is 16.8 Å². The van der Waals surface area contributed by atoms with E-state index in [4.69, 9.17) is 5.11 Å². The van der Waals surface area contributed by atoms with Gasteiger partial charge in [0.05, 0.1) is 12.4 Å². The highest BCUT2D eigenvalue weighted by Crippen LogP contribution is 2.13. The van der Waals surface area contributed by atoms with E-state index < -0.39 is 0 Å². The van der Waals surface area contributed by atoms with Gasteiger partial charge in [-0.2, -0.15) is 10.2 Å². The summed E-state index contributed by atoms with van der Waals surface area (Å²) in [6.45, 7) is 0.551. The van der Waals surface area contributed by atoms with Gasteiger partial charge >= 0.3 is 0 Å². The second kappa shape index (κ2) is 5.36. The lowest BCUT2D eigenvalue weighted by atomic mass is 10.1. The van der Waals surface area contributed by atoms with E-state index in [-0.39, 0.29) is 12.5 Å². The van der Waals surface area contributed by atoms with E-state index in [9.17, 15) is 4.79 Å². The fourth-order valence-electron chi connectivity index (χ4n) is 1.52. The second-order valence-electron chi connectivity index (χ2n) is 3.67. The van der Waals surface area contributed by atoms with E-state index in [1.807, 2.05) is 6.07 Å². The molecule has 88 valence electrons.